The molecule has 0 atom stereocenters. The van der Waals surface area contributed by atoms with Gasteiger partial charge in [-0.2, -0.15) is 0 Å². The minimum absolute atomic E-state index is 0.671. The summed E-state index contributed by atoms with van der Waals surface area (Å²) >= 11 is 1.73. The van der Waals surface area contributed by atoms with Crippen LogP contribution < -0.4 is 5.32 Å². The monoisotopic (exact) mass is 273 g/mol. The van der Waals surface area contributed by atoms with E-state index in [9.17, 15) is 0 Å². The molecule has 0 unspecified atom stereocenters. The Morgan fingerprint density at radius 3 is 2.58 bits per heavy atom. The fraction of sp³-hybridized carbons (Fsp3) is 0.250. The smallest absolute Gasteiger partial charge is 0.0971 e. The number of thioether (sulfide) groups is 1. The van der Waals surface area contributed by atoms with Crippen LogP contribution in [0.1, 0.15) is 11.1 Å². The molecule has 0 radical (unpaired) electrons. The summed E-state index contributed by atoms with van der Waals surface area (Å²) < 4.78 is 5.67. The Labute approximate surface area is 119 Å². The maximum Gasteiger partial charge on any atom is 0.0971 e. The summed E-state index contributed by atoms with van der Waals surface area (Å²) in [5.41, 5.74) is 2.52. The van der Waals surface area contributed by atoms with Crippen molar-refractivity contribution in [1.82, 2.24) is 5.32 Å². The molecule has 3 heteroatoms. The van der Waals surface area contributed by atoms with Crippen molar-refractivity contribution < 1.29 is 4.74 Å². The Morgan fingerprint density at radius 2 is 1.79 bits per heavy atom. The summed E-state index contributed by atoms with van der Waals surface area (Å²) in [5.74, 6) is 0.678. The SMILES string of the molecule is CNCc1cccc(SCOCc2ccccc2)c1. The van der Waals surface area contributed by atoms with Crippen molar-refractivity contribution in [3.05, 3.63) is 65.7 Å². The first kappa shape index (κ1) is 14.1. The number of benzene rings is 2. The predicted molar refractivity (Wildman–Crippen MR) is 81.2 cm³/mol. The first-order valence-corrected chi connectivity index (χ1v) is 7.35. The van der Waals surface area contributed by atoms with E-state index in [4.69, 9.17) is 4.74 Å². The zero-order valence-corrected chi connectivity index (χ0v) is 12.0. The highest BCUT2D eigenvalue weighted by Gasteiger charge is 1.97. The number of rotatable bonds is 7. The molecule has 0 aromatic heterocycles. The van der Waals surface area contributed by atoms with Gasteiger partial charge >= 0.3 is 0 Å². The molecule has 1 N–H and O–H groups in total. The van der Waals surface area contributed by atoms with E-state index < -0.39 is 0 Å². The first-order chi connectivity index (χ1) is 9.38. The summed E-state index contributed by atoms with van der Waals surface area (Å²) in [5, 5.41) is 3.16. The van der Waals surface area contributed by atoms with Gasteiger partial charge in [0, 0.05) is 11.4 Å². The van der Waals surface area contributed by atoms with Crippen molar-refractivity contribution in [3.8, 4) is 0 Å². The molecular formula is C16H19NOS. The van der Waals surface area contributed by atoms with Gasteiger partial charge in [-0.25, -0.2) is 0 Å². The molecule has 100 valence electrons. The number of hydrogen-bond donors (Lipinski definition) is 1. The van der Waals surface area contributed by atoms with Crippen LogP contribution >= 0.6 is 11.8 Å². The molecule has 0 aliphatic rings. The van der Waals surface area contributed by atoms with Crippen molar-refractivity contribution in [2.24, 2.45) is 0 Å². The highest BCUT2D eigenvalue weighted by molar-refractivity contribution is 7.99. The molecule has 2 aromatic rings. The first-order valence-electron chi connectivity index (χ1n) is 6.36. The van der Waals surface area contributed by atoms with Gasteiger partial charge in [0.15, 0.2) is 0 Å². The van der Waals surface area contributed by atoms with E-state index in [-0.39, 0.29) is 0 Å². The maximum atomic E-state index is 5.67. The number of ether oxygens (including phenoxy) is 1. The minimum atomic E-state index is 0.671. The van der Waals surface area contributed by atoms with Crippen LogP contribution in [-0.2, 0) is 17.9 Å². The molecule has 2 aromatic carbocycles. The normalized spacial score (nSPS) is 10.6. The molecule has 2 rings (SSSR count). The Morgan fingerprint density at radius 1 is 1.00 bits per heavy atom. The second kappa shape index (κ2) is 8.00. The zero-order valence-electron chi connectivity index (χ0n) is 11.1. The number of nitrogens with one attached hydrogen (secondary N) is 1. The van der Waals surface area contributed by atoms with Crippen LogP contribution in [0.4, 0.5) is 0 Å². The Kier molecular flexibility index (Phi) is 5.95. The fourth-order valence-electron chi connectivity index (χ4n) is 1.79. The van der Waals surface area contributed by atoms with E-state index in [1.165, 1.54) is 16.0 Å². The predicted octanol–water partition coefficient (Wildman–Crippen LogP) is 3.67. The third-order valence-corrected chi connectivity index (χ3v) is 3.57. The van der Waals surface area contributed by atoms with Crippen molar-refractivity contribution in [3.63, 3.8) is 0 Å². The average molecular weight is 273 g/mol. The lowest BCUT2D eigenvalue weighted by atomic mass is 10.2. The highest BCUT2D eigenvalue weighted by Crippen LogP contribution is 2.19. The summed E-state index contributed by atoms with van der Waals surface area (Å²) in [6.45, 7) is 1.57. The summed E-state index contributed by atoms with van der Waals surface area (Å²) in [6.07, 6.45) is 0. The van der Waals surface area contributed by atoms with E-state index in [1.54, 1.807) is 11.8 Å². The molecule has 0 spiro atoms. The molecule has 19 heavy (non-hydrogen) atoms. The molecule has 0 saturated carbocycles. The molecule has 0 aliphatic heterocycles. The van der Waals surface area contributed by atoms with Crippen LogP contribution in [0, 0.1) is 0 Å². The topological polar surface area (TPSA) is 21.3 Å². The van der Waals surface area contributed by atoms with Crippen LogP contribution in [0.15, 0.2) is 59.5 Å². The Bertz CT molecular complexity index is 487. The van der Waals surface area contributed by atoms with E-state index in [0.717, 1.165) is 6.54 Å². The van der Waals surface area contributed by atoms with Crippen molar-refractivity contribution >= 4 is 11.8 Å². The Hall–Kier alpha value is -1.29. The summed E-state index contributed by atoms with van der Waals surface area (Å²) in [6, 6.07) is 18.8. The van der Waals surface area contributed by atoms with Gasteiger partial charge in [-0.05, 0) is 30.3 Å². The van der Waals surface area contributed by atoms with Gasteiger partial charge in [-0.3, -0.25) is 0 Å². The molecule has 0 amide bonds. The minimum Gasteiger partial charge on any atom is -0.366 e. The van der Waals surface area contributed by atoms with Crippen LogP contribution in [0.3, 0.4) is 0 Å². The molecule has 0 aliphatic carbocycles. The largest absolute Gasteiger partial charge is 0.366 e. The third kappa shape index (κ3) is 5.07. The molecular weight excluding hydrogens is 254 g/mol. The lowest BCUT2D eigenvalue weighted by molar-refractivity contribution is 0.169. The van der Waals surface area contributed by atoms with Gasteiger partial charge in [0.25, 0.3) is 0 Å². The Balaban J connectivity index is 1.75. The molecule has 0 saturated heterocycles. The van der Waals surface area contributed by atoms with Gasteiger partial charge in [-0.1, -0.05) is 54.2 Å². The fourth-order valence-corrected chi connectivity index (χ4v) is 2.51. The summed E-state index contributed by atoms with van der Waals surface area (Å²) in [7, 11) is 1.96. The second-order valence-corrected chi connectivity index (χ2v) is 5.27. The van der Waals surface area contributed by atoms with E-state index in [2.05, 4.69) is 41.7 Å². The van der Waals surface area contributed by atoms with Crippen molar-refractivity contribution in [2.75, 3.05) is 13.0 Å². The van der Waals surface area contributed by atoms with Gasteiger partial charge in [0.05, 0.1) is 12.5 Å². The van der Waals surface area contributed by atoms with E-state index in [1.807, 2.05) is 25.2 Å². The quantitative estimate of drug-likeness (QED) is 0.472. The lowest BCUT2D eigenvalue weighted by Gasteiger charge is -2.06. The highest BCUT2D eigenvalue weighted by atomic mass is 32.2. The second-order valence-electron chi connectivity index (χ2n) is 4.27. The van der Waals surface area contributed by atoms with Crippen LogP contribution in [0.2, 0.25) is 0 Å². The number of hydrogen-bond acceptors (Lipinski definition) is 3. The lowest BCUT2D eigenvalue weighted by Crippen LogP contribution is -2.04. The van der Waals surface area contributed by atoms with Gasteiger partial charge in [0.1, 0.15) is 0 Å². The van der Waals surface area contributed by atoms with E-state index in [0.29, 0.717) is 12.5 Å². The van der Waals surface area contributed by atoms with Gasteiger partial charge < -0.3 is 10.1 Å². The molecule has 0 heterocycles. The standard InChI is InChI=1S/C16H19NOS/c1-17-11-15-8-5-9-16(10-15)19-13-18-12-14-6-3-2-4-7-14/h2-10,17H,11-13H2,1H3. The summed E-state index contributed by atoms with van der Waals surface area (Å²) in [4.78, 5) is 1.25. The van der Waals surface area contributed by atoms with Crippen LogP contribution in [0.5, 0.6) is 0 Å². The van der Waals surface area contributed by atoms with E-state index >= 15 is 0 Å². The molecule has 0 bridgehead atoms. The molecule has 2 nitrogen and oxygen atoms in total. The zero-order chi connectivity index (χ0) is 13.3. The average Bonchev–Trinajstić information content (AvgIpc) is 2.46. The van der Waals surface area contributed by atoms with Gasteiger partial charge in [-0.15, -0.1) is 0 Å². The van der Waals surface area contributed by atoms with Crippen LogP contribution in [-0.4, -0.2) is 13.0 Å². The third-order valence-electron chi connectivity index (χ3n) is 2.70. The molecule has 0 fully saturated rings. The van der Waals surface area contributed by atoms with Crippen molar-refractivity contribution in [2.45, 2.75) is 18.0 Å². The van der Waals surface area contributed by atoms with Gasteiger partial charge in [0.2, 0.25) is 0 Å². The van der Waals surface area contributed by atoms with Crippen molar-refractivity contribution in [1.29, 1.82) is 0 Å². The maximum absolute atomic E-state index is 5.67. The van der Waals surface area contributed by atoms with Crippen LogP contribution in [0.25, 0.3) is 0 Å².